The molecule has 0 saturated heterocycles. The standard InChI is InChI=1S/C32H38N4O3/c1-24-11-9-16-29(25(24)2)34-32(38)36(18-10-20-39-3)23-31(37)35(22-26-12-5-4-6-13-26)19-17-27-21-33-30-15-8-7-14-28(27)30/h4-9,11-16,21,33H,10,17-20,22-23H2,1-3H3,(H,34,38). The molecule has 3 amide bonds. The van der Waals surface area contributed by atoms with Crippen LogP contribution in [0.5, 0.6) is 0 Å². The maximum atomic E-state index is 13.8. The first-order valence-electron chi connectivity index (χ1n) is 13.4. The van der Waals surface area contributed by atoms with Crippen LogP contribution in [0.2, 0.25) is 0 Å². The van der Waals surface area contributed by atoms with Gasteiger partial charge in [-0.15, -0.1) is 0 Å². The smallest absolute Gasteiger partial charge is 0.322 e. The van der Waals surface area contributed by atoms with E-state index in [1.807, 2.05) is 85.6 Å². The number of carbonyl (C=O) groups is 2. The van der Waals surface area contributed by atoms with Gasteiger partial charge in [-0.25, -0.2) is 4.79 Å². The minimum Gasteiger partial charge on any atom is -0.385 e. The van der Waals surface area contributed by atoms with E-state index in [2.05, 4.69) is 22.4 Å². The molecule has 3 aromatic carbocycles. The molecule has 4 rings (SSSR count). The molecule has 1 heterocycles. The molecule has 0 unspecified atom stereocenters. The average Bonchev–Trinajstić information content (AvgIpc) is 3.36. The third-order valence-electron chi connectivity index (χ3n) is 7.13. The van der Waals surface area contributed by atoms with E-state index in [9.17, 15) is 9.59 Å². The Morgan fingerprint density at radius 3 is 2.46 bits per heavy atom. The first kappa shape index (κ1) is 27.9. The summed E-state index contributed by atoms with van der Waals surface area (Å²) >= 11 is 0. The number of methoxy groups -OCH3 is 1. The second-order valence-electron chi connectivity index (χ2n) is 9.86. The normalized spacial score (nSPS) is 10.9. The van der Waals surface area contributed by atoms with Gasteiger partial charge in [0.05, 0.1) is 0 Å². The number of urea groups is 1. The van der Waals surface area contributed by atoms with Gasteiger partial charge in [0, 0.05) is 56.1 Å². The molecule has 0 aliphatic heterocycles. The van der Waals surface area contributed by atoms with E-state index in [0.29, 0.717) is 39.1 Å². The number of nitrogens with one attached hydrogen (secondary N) is 2. The second kappa shape index (κ2) is 13.6. The molecule has 1 aromatic heterocycles. The number of nitrogens with zero attached hydrogens (tertiary/aromatic N) is 2. The largest absolute Gasteiger partial charge is 0.385 e. The second-order valence-corrected chi connectivity index (χ2v) is 9.86. The Balaban J connectivity index is 1.51. The van der Waals surface area contributed by atoms with Gasteiger partial charge >= 0.3 is 6.03 Å². The number of rotatable bonds is 12. The van der Waals surface area contributed by atoms with Gasteiger partial charge in [0.25, 0.3) is 0 Å². The Kier molecular flexibility index (Phi) is 9.75. The van der Waals surface area contributed by atoms with Crippen molar-refractivity contribution in [2.45, 2.75) is 33.2 Å². The van der Waals surface area contributed by atoms with Gasteiger partial charge < -0.3 is 24.8 Å². The number of aromatic amines is 1. The SMILES string of the molecule is COCCCN(CC(=O)N(CCc1c[nH]c2ccccc12)Cc1ccccc1)C(=O)Nc1cccc(C)c1C. The number of aryl methyl sites for hydroxylation is 1. The molecule has 2 N–H and O–H groups in total. The van der Waals surface area contributed by atoms with Crippen LogP contribution in [0.3, 0.4) is 0 Å². The van der Waals surface area contributed by atoms with Crippen molar-refractivity contribution in [3.8, 4) is 0 Å². The summed E-state index contributed by atoms with van der Waals surface area (Å²) in [5.74, 6) is -0.0905. The molecule has 0 atom stereocenters. The van der Waals surface area contributed by atoms with Crippen LogP contribution in [-0.2, 0) is 22.5 Å². The molecule has 0 saturated carbocycles. The topological polar surface area (TPSA) is 77.7 Å². The fraction of sp³-hybridized carbons (Fsp3) is 0.312. The molecular formula is C32H38N4O3. The van der Waals surface area contributed by atoms with Crippen molar-refractivity contribution in [3.63, 3.8) is 0 Å². The molecule has 7 nitrogen and oxygen atoms in total. The third-order valence-corrected chi connectivity index (χ3v) is 7.13. The van der Waals surface area contributed by atoms with Crippen molar-refractivity contribution in [2.24, 2.45) is 0 Å². The molecule has 0 fully saturated rings. The fourth-order valence-corrected chi connectivity index (χ4v) is 4.69. The third kappa shape index (κ3) is 7.48. The molecule has 0 radical (unpaired) electrons. The number of ether oxygens (including phenoxy) is 1. The first-order chi connectivity index (χ1) is 19.0. The quantitative estimate of drug-likeness (QED) is 0.225. The molecular weight excluding hydrogens is 488 g/mol. The number of H-pyrrole nitrogens is 1. The highest BCUT2D eigenvalue weighted by Gasteiger charge is 2.22. The highest BCUT2D eigenvalue weighted by atomic mass is 16.5. The number of aromatic nitrogens is 1. The van der Waals surface area contributed by atoms with Crippen LogP contribution in [0.25, 0.3) is 10.9 Å². The van der Waals surface area contributed by atoms with Crippen molar-refractivity contribution in [1.82, 2.24) is 14.8 Å². The van der Waals surface area contributed by atoms with E-state index in [1.54, 1.807) is 12.0 Å². The van der Waals surface area contributed by atoms with Gasteiger partial charge in [-0.05, 0) is 61.1 Å². The van der Waals surface area contributed by atoms with E-state index in [-0.39, 0.29) is 18.5 Å². The van der Waals surface area contributed by atoms with Crippen LogP contribution >= 0.6 is 0 Å². The van der Waals surface area contributed by atoms with E-state index in [1.165, 1.54) is 10.9 Å². The summed E-state index contributed by atoms with van der Waals surface area (Å²) in [6.07, 6.45) is 3.36. The minimum atomic E-state index is -0.288. The zero-order chi connectivity index (χ0) is 27.6. The Bertz CT molecular complexity index is 1380. The minimum absolute atomic E-state index is 0.0128. The Hall–Kier alpha value is -4.10. The summed E-state index contributed by atoms with van der Waals surface area (Å²) in [4.78, 5) is 33.9. The zero-order valence-corrected chi connectivity index (χ0v) is 23.1. The number of hydrogen-bond acceptors (Lipinski definition) is 3. The predicted molar refractivity (Wildman–Crippen MR) is 157 cm³/mol. The maximum Gasteiger partial charge on any atom is 0.322 e. The molecule has 39 heavy (non-hydrogen) atoms. The van der Waals surface area contributed by atoms with Crippen LogP contribution in [0.4, 0.5) is 10.5 Å². The number of hydrogen-bond donors (Lipinski definition) is 2. The number of benzene rings is 3. The zero-order valence-electron chi connectivity index (χ0n) is 23.1. The van der Waals surface area contributed by atoms with E-state index in [0.717, 1.165) is 27.9 Å². The monoisotopic (exact) mass is 526 g/mol. The number of amides is 3. The van der Waals surface area contributed by atoms with Crippen LogP contribution in [0, 0.1) is 13.8 Å². The van der Waals surface area contributed by atoms with Crippen molar-refractivity contribution in [2.75, 3.05) is 38.7 Å². The van der Waals surface area contributed by atoms with Crippen molar-refractivity contribution in [3.05, 3.63) is 101 Å². The lowest BCUT2D eigenvalue weighted by atomic mass is 10.1. The van der Waals surface area contributed by atoms with E-state index < -0.39 is 0 Å². The molecule has 0 aliphatic carbocycles. The number of fused-ring (bicyclic) bond motifs is 1. The highest BCUT2D eigenvalue weighted by molar-refractivity contribution is 5.93. The number of para-hydroxylation sites is 1. The Labute approximate surface area is 230 Å². The lowest BCUT2D eigenvalue weighted by molar-refractivity contribution is -0.132. The lowest BCUT2D eigenvalue weighted by Crippen LogP contribution is -2.45. The summed E-state index contributed by atoms with van der Waals surface area (Å²) in [6.45, 7) is 5.93. The summed E-state index contributed by atoms with van der Waals surface area (Å²) in [5.41, 5.74) is 6.17. The summed E-state index contributed by atoms with van der Waals surface area (Å²) in [7, 11) is 1.64. The van der Waals surface area contributed by atoms with Crippen molar-refractivity contribution < 1.29 is 14.3 Å². The first-order valence-corrected chi connectivity index (χ1v) is 13.4. The molecule has 0 aliphatic rings. The summed E-state index contributed by atoms with van der Waals surface area (Å²) in [6, 6.07) is 23.7. The molecule has 0 spiro atoms. The Morgan fingerprint density at radius 1 is 0.897 bits per heavy atom. The van der Waals surface area contributed by atoms with Crippen LogP contribution in [0.15, 0.2) is 79.0 Å². The molecule has 4 aromatic rings. The number of anilines is 1. The van der Waals surface area contributed by atoms with Gasteiger partial charge in [-0.2, -0.15) is 0 Å². The van der Waals surface area contributed by atoms with Gasteiger partial charge in [-0.1, -0.05) is 60.7 Å². The van der Waals surface area contributed by atoms with Crippen LogP contribution in [0.1, 0.15) is 28.7 Å². The highest BCUT2D eigenvalue weighted by Crippen LogP contribution is 2.20. The van der Waals surface area contributed by atoms with Crippen LogP contribution < -0.4 is 5.32 Å². The van der Waals surface area contributed by atoms with Gasteiger partial charge in [-0.3, -0.25) is 4.79 Å². The van der Waals surface area contributed by atoms with E-state index >= 15 is 0 Å². The number of carbonyl (C=O) groups excluding carboxylic acids is 2. The van der Waals surface area contributed by atoms with Gasteiger partial charge in [0.15, 0.2) is 0 Å². The average molecular weight is 527 g/mol. The maximum absolute atomic E-state index is 13.8. The summed E-state index contributed by atoms with van der Waals surface area (Å²) in [5, 5.41) is 4.18. The van der Waals surface area contributed by atoms with E-state index in [4.69, 9.17) is 4.74 Å². The van der Waals surface area contributed by atoms with Gasteiger partial charge in [0.1, 0.15) is 6.54 Å². The molecule has 7 heteroatoms. The predicted octanol–water partition coefficient (Wildman–Crippen LogP) is 5.93. The van der Waals surface area contributed by atoms with Gasteiger partial charge in [0.2, 0.25) is 5.91 Å². The Morgan fingerprint density at radius 2 is 1.67 bits per heavy atom. The van der Waals surface area contributed by atoms with Crippen LogP contribution in [-0.4, -0.2) is 60.1 Å². The lowest BCUT2D eigenvalue weighted by Gasteiger charge is -2.28. The molecule has 204 valence electrons. The fourth-order valence-electron chi connectivity index (χ4n) is 4.69. The van der Waals surface area contributed by atoms with Crippen molar-refractivity contribution >= 4 is 28.5 Å². The summed E-state index contributed by atoms with van der Waals surface area (Å²) < 4.78 is 5.21. The molecule has 0 bridgehead atoms. The van der Waals surface area contributed by atoms with Crippen molar-refractivity contribution in [1.29, 1.82) is 0 Å².